The number of para-hydroxylation sites is 1. The zero-order chi connectivity index (χ0) is 14.5. The van der Waals surface area contributed by atoms with E-state index in [1.54, 1.807) is 0 Å². The number of aliphatic hydroxyl groups excluding tert-OH is 1. The van der Waals surface area contributed by atoms with Crippen LogP contribution in [0, 0.1) is 0 Å². The van der Waals surface area contributed by atoms with E-state index >= 15 is 0 Å². The molecular formula is C16H19BrN2O. The topological polar surface area (TPSA) is 49.5 Å². The molecule has 3 N–H and O–H groups in total. The van der Waals surface area contributed by atoms with Gasteiger partial charge in [0.15, 0.2) is 0 Å². The molecule has 0 aromatic heterocycles. The molecule has 0 aliphatic rings. The Kier molecular flexibility index (Phi) is 5.17. The lowest BCUT2D eigenvalue weighted by atomic mass is 10.1. The van der Waals surface area contributed by atoms with E-state index in [0.717, 1.165) is 16.6 Å². The first-order chi connectivity index (χ1) is 9.58. The molecule has 0 heterocycles. The first-order valence-electron chi connectivity index (χ1n) is 6.52. The van der Waals surface area contributed by atoms with Crippen molar-refractivity contribution < 1.29 is 5.11 Å². The van der Waals surface area contributed by atoms with E-state index in [1.807, 2.05) is 49.5 Å². The lowest BCUT2D eigenvalue weighted by Crippen LogP contribution is -2.24. The van der Waals surface area contributed by atoms with Crippen molar-refractivity contribution in [3.63, 3.8) is 0 Å². The molecule has 0 amide bonds. The Bertz CT molecular complexity index is 574. The van der Waals surface area contributed by atoms with Crippen molar-refractivity contribution in [1.29, 1.82) is 0 Å². The first-order valence-corrected chi connectivity index (χ1v) is 7.31. The van der Waals surface area contributed by atoms with E-state index in [0.29, 0.717) is 12.2 Å². The third-order valence-electron chi connectivity index (χ3n) is 3.24. The van der Waals surface area contributed by atoms with Crippen LogP contribution in [0.5, 0.6) is 0 Å². The molecule has 4 heteroatoms. The van der Waals surface area contributed by atoms with Crippen LogP contribution in [0.1, 0.15) is 17.2 Å². The summed E-state index contributed by atoms with van der Waals surface area (Å²) in [6, 6.07) is 15.5. The predicted molar refractivity (Wildman–Crippen MR) is 86.3 cm³/mol. The van der Waals surface area contributed by atoms with Crippen LogP contribution in [0.15, 0.2) is 53.0 Å². The monoisotopic (exact) mass is 334 g/mol. The molecule has 0 saturated carbocycles. The summed E-state index contributed by atoms with van der Waals surface area (Å²) in [5, 5.41) is 10.3. The van der Waals surface area contributed by atoms with Crippen LogP contribution in [0.3, 0.4) is 0 Å². The Morgan fingerprint density at radius 1 is 1.15 bits per heavy atom. The maximum absolute atomic E-state index is 10.3. The second-order valence-electron chi connectivity index (χ2n) is 4.93. The minimum atomic E-state index is -0.580. The number of anilines is 1. The highest BCUT2D eigenvalue weighted by Crippen LogP contribution is 2.22. The van der Waals surface area contributed by atoms with Gasteiger partial charge in [0.05, 0.1) is 6.10 Å². The average molecular weight is 335 g/mol. The van der Waals surface area contributed by atoms with Crippen molar-refractivity contribution in [2.24, 2.45) is 0 Å². The molecule has 106 valence electrons. The fraction of sp³-hybridized carbons (Fsp3) is 0.250. The number of benzene rings is 2. The van der Waals surface area contributed by atoms with Crippen molar-refractivity contribution in [2.45, 2.75) is 12.6 Å². The van der Waals surface area contributed by atoms with Crippen molar-refractivity contribution in [3.8, 4) is 0 Å². The molecule has 0 radical (unpaired) electrons. The standard InChI is InChI=1S/C16H19BrN2O/c1-19(10-12-6-2-4-8-14(12)17)11-16(20)13-7-3-5-9-15(13)18/h2-9,16,20H,10-11,18H2,1H3. The molecule has 0 aliphatic heterocycles. The molecule has 0 saturated heterocycles. The van der Waals surface area contributed by atoms with Gasteiger partial charge >= 0.3 is 0 Å². The number of aliphatic hydroxyl groups is 1. The number of hydrogen-bond donors (Lipinski definition) is 2. The van der Waals surface area contributed by atoms with Crippen LogP contribution in [0.2, 0.25) is 0 Å². The number of rotatable bonds is 5. The number of nitrogen functional groups attached to an aromatic ring is 1. The normalized spacial score (nSPS) is 12.6. The number of halogens is 1. The molecule has 0 spiro atoms. The largest absolute Gasteiger partial charge is 0.398 e. The summed E-state index contributed by atoms with van der Waals surface area (Å²) in [6.07, 6.45) is -0.580. The van der Waals surface area contributed by atoms with Crippen molar-refractivity contribution in [3.05, 3.63) is 64.1 Å². The highest BCUT2D eigenvalue weighted by atomic mass is 79.9. The molecule has 1 unspecified atom stereocenters. The van der Waals surface area contributed by atoms with Crippen LogP contribution >= 0.6 is 15.9 Å². The number of likely N-dealkylation sites (N-methyl/N-ethyl adjacent to an activating group) is 1. The first kappa shape index (κ1) is 15.0. The third kappa shape index (κ3) is 3.82. The van der Waals surface area contributed by atoms with Crippen LogP contribution in [0.25, 0.3) is 0 Å². The number of nitrogens with zero attached hydrogens (tertiary/aromatic N) is 1. The minimum absolute atomic E-state index is 0.537. The molecule has 2 aromatic carbocycles. The molecule has 2 aromatic rings. The zero-order valence-corrected chi connectivity index (χ0v) is 13.0. The zero-order valence-electron chi connectivity index (χ0n) is 11.5. The summed E-state index contributed by atoms with van der Waals surface area (Å²) in [6.45, 7) is 1.31. The van der Waals surface area contributed by atoms with Gasteiger partial charge < -0.3 is 10.8 Å². The highest BCUT2D eigenvalue weighted by Gasteiger charge is 2.13. The van der Waals surface area contributed by atoms with Crippen molar-refractivity contribution in [2.75, 3.05) is 19.3 Å². The SMILES string of the molecule is CN(Cc1ccccc1Br)CC(O)c1ccccc1N. The summed E-state index contributed by atoms with van der Waals surface area (Å²) in [5.74, 6) is 0. The van der Waals surface area contributed by atoms with E-state index in [2.05, 4.69) is 26.9 Å². The summed E-state index contributed by atoms with van der Waals surface area (Å²) in [7, 11) is 1.99. The summed E-state index contributed by atoms with van der Waals surface area (Å²) >= 11 is 3.54. The van der Waals surface area contributed by atoms with E-state index in [9.17, 15) is 5.11 Å². The van der Waals surface area contributed by atoms with Gasteiger partial charge in [-0.05, 0) is 24.7 Å². The van der Waals surface area contributed by atoms with Gasteiger partial charge in [-0.2, -0.15) is 0 Å². The molecule has 2 rings (SSSR count). The number of hydrogen-bond acceptors (Lipinski definition) is 3. The summed E-state index contributed by atoms with van der Waals surface area (Å²) in [5.41, 5.74) is 8.50. The Hall–Kier alpha value is -1.36. The Balaban J connectivity index is 2.00. The summed E-state index contributed by atoms with van der Waals surface area (Å²) in [4.78, 5) is 2.08. The maximum atomic E-state index is 10.3. The van der Waals surface area contributed by atoms with Crippen LogP contribution in [-0.4, -0.2) is 23.6 Å². The van der Waals surface area contributed by atoms with E-state index in [-0.39, 0.29) is 0 Å². The summed E-state index contributed by atoms with van der Waals surface area (Å²) < 4.78 is 1.08. The van der Waals surface area contributed by atoms with Crippen LogP contribution < -0.4 is 5.73 Å². The molecule has 1 atom stereocenters. The number of nitrogens with two attached hydrogens (primary N) is 1. The molecule has 0 aliphatic carbocycles. The fourth-order valence-electron chi connectivity index (χ4n) is 2.19. The van der Waals surface area contributed by atoms with Gasteiger partial charge in [-0.25, -0.2) is 0 Å². The van der Waals surface area contributed by atoms with E-state index in [4.69, 9.17) is 5.73 Å². The van der Waals surface area contributed by atoms with Gasteiger partial charge in [0.25, 0.3) is 0 Å². The van der Waals surface area contributed by atoms with Gasteiger partial charge in [0.2, 0.25) is 0 Å². The van der Waals surface area contributed by atoms with E-state index < -0.39 is 6.10 Å². The lowest BCUT2D eigenvalue weighted by Gasteiger charge is -2.22. The molecule has 20 heavy (non-hydrogen) atoms. The van der Waals surface area contributed by atoms with E-state index in [1.165, 1.54) is 5.56 Å². The van der Waals surface area contributed by atoms with Gasteiger partial charge in [-0.15, -0.1) is 0 Å². The Morgan fingerprint density at radius 3 is 2.50 bits per heavy atom. The Labute approximate surface area is 128 Å². The van der Waals surface area contributed by atoms with Crippen molar-refractivity contribution >= 4 is 21.6 Å². The quantitative estimate of drug-likeness (QED) is 0.825. The lowest BCUT2D eigenvalue weighted by molar-refractivity contribution is 0.124. The predicted octanol–water partition coefficient (Wildman–Crippen LogP) is 3.20. The minimum Gasteiger partial charge on any atom is -0.398 e. The molecular weight excluding hydrogens is 316 g/mol. The average Bonchev–Trinajstić information content (AvgIpc) is 2.41. The van der Waals surface area contributed by atoms with Gasteiger partial charge in [0.1, 0.15) is 0 Å². The molecule has 3 nitrogen and oxygen atoms in total. The fourth-order valence-corrected chi connectivity index (χ4v) is 2.60. The second-order valence-corrected chi connectivity index (χ2v) is 5.79. The Morgan fingerprint density at radius 2 is 1.80 bits per heavy atom. The van der Waals surface area contributed by atoms with Gasteiger partial charge in [-0.3, -0.25) is 4.90 Å². The van der Waals surface area contributed by atoms with Gasteiger partial charge in [0, 0.05) is 28.8 Å². The van der Waals surface area contributed by atoms with Crippen LogP contribution in [0.4, 0.5) is 5.69 Å². The maximum Gasteiger partial charge on any atom is 0.0936 e. The third-order valence-corrected chi connectivity index (χ3v) is 4.01. The van der Waals surface area contributed by atoms with Gasteiger partial charge in [-0.1, -0.05) is 52.3 Å². The van der Waals surface area contributed by atoms with Crippen molar-refractivity contribution in [1.82, 2.24) is 4.90 Å². The van der Waals surface area contributed by atoms with Crippen LogP contribution in [-0.2, 0) is 6.54 Å². The molecule has 0 bridgehead atoms. The highest BCUT2D eigenvalue weighted by molar-refractivity contribution is 9.10. The molecule has 0 fully saturated rings. The smallest absolute Gasteiger partial charge is 0.0936 e. The second kappa shape index (κ2) is 6.88.